The molecule has 0 saturated carbocycles. The largest absolute Gasteiger partial charge is 0.455 e. The Morgan fingerprint density at radius 1 is 0.400 bits per heavy atom. The van der Waals surface area contributed by atoms with Crippen LogP contribution in [0.15, 0.2) is 206 Å². The second kappa shape index (κ2) is 14.0. The van der Waals surface area contributed by atoms with Crippen molar-refractivity contribution in [3.63, 3.8) is 0 Å². The van der Waals surface area contributed by atoms with Crippen molar-refractivity contribution in [3.8, 4) is 89.8 Å². The van der Waals surface area contributed by atoms with Crippen LogP contribution in [0.4, 0.5) is 0 Å². The highest BCUT2D eigenvalue weighted by Crippen LogP contribution is 2.53. The monoisotopic (exact) mass is 782 g/mol. The topological polar surface area (TPSA) is 35.0 Å². The Morgan fingerprint density at radius 2 is 1.00 bits per heavy atom. The molecule has 0 atom stereocenters. The number of nitrogens with zero attached hydrogens (tertiary/aromatic N) is 2. The summed E-state index contributed by atoms with van der Waals surface area (Å²) in [5, 5.41) is 3.48. The first-order valence-electron chi connectivity index (χ1n) is 20.2. The molecule has 4 heteroatoms. The van der Waals surface area contributed by atoms with E-state index < -0.39 is 0 Å². The summed E-state index contributed by atoms with van der Waals surface area (Å²) in [4.78, 5) is 10.5. The summed E-state index contributed by atoms with van der Waals surface area (Å²) in [5.74, 6) is 2.46. The average Bonchev–Trinajstić information content (AvgIpc) is 3.70. The molecule has 1 aliphatic rings. The van der Waals surface area contributed by atoms with Crippen LogP contribution in [0.3, 0.4) is 0 Å². The van der Waals surface area contributed by atoms with E-state index in [1.165, 1.54) is 15.6 Å². The minimum absolute atomic E-state index is 0.710. The third-order valence-corrected chi connectivity index (χ3v) is 12.9. The van der Waals surface area contributed by atoms with Crippen LogP contribution < -0.4 is 4.74 Å². The Bertz CT molecular complexity index is 3430. The third-order valence-electron chi connectivity index (χ3n) is 11.7. The second-order valence-electron chi connectivity index (χ2n) is 15.2. The van der Waals surface area contributed by atoms with E-state index in [-0.39, 0.29) is 0 Å². The van der Waals surface area contributed by atoms with Crippen molar-refractivity contribution < 1.29 is 4.74 Å². The first-order valence-corrected chi connectivity index (χ1v) is 21.0. The summed E-state index contributed by atoms with van der Waals surface area (Å²) >= 11 is 1.76. The molecule has 0 amide bonds. The number of rotatable bonds is 6. The van der Waals surface area contributed by atoms with Crippen LogP contribution in [-0.2, 0) is 0 Å². The van der Waals surface area contributed by atoms with E-state index in [1.807, 2.05) is 6.07 Å². The number of thiophene rings is 1. The normalized spacial score (nSPS) is 11.8. The molecule has 2 aromatic heterocycles. The zero-order chi connectivity index (χ0) is 39.6. The van der Waals surface area contributed by atoms with E-state index in [9.17, 15) is 0 Å². The molecule has 11 aromatic rings. The molecule has 3 nitrogen and oxygen atoms in total. The summed E-state index contributed by atoms with van der Waals surface area (Å²) in [5.41, 5.74) is 15.2. The van der Waals surface area contributed by atoms with Gasteiger partial charge in [0.05, 0.1) is 15.9 Å². The van der Waals surface area contributed by atoms with Crippen molar-refractivity contribution in [3.05, 3.63) is 206 Å². The smallest absolute Gasteiger partial charge is 0.160 e. The molecule has 0 spiro atoms. The fourth-order valence-corrected chi connectivity index (χ4v) is 10.1. The molecule has 0 unspecified atom stereocenters. The zero-order valence-corrected chi connectivity index (χ0v) is 33.2. The lowest BCUT2D eigenvalue weighted by Gasteiger charge is -2.25. The SMILES string of the molecule is c1ccc(-c2cc(-c3ccc(-c4nc(-c5ccccc5)c5sc6ccccc6c5n4)cc3)c(-c3ccccc3)c(-c3cccc4c3Oc3cccc5cccc-4c35)c2)cc1. The Balaban J connectivity index is 1.07. The van der Waals surface area contributed by atoms with Crippen molar-refractivity contribution in [2.45, 2.75) is 0 Å². The quantitative estimate of drug-likeness (QED) is 0.168. The number of ether oxygens (including phenoxy) is 1. The van der Waals surface area contributed by atoms with Gasteiger partial charge >= 0.3 is 0 Å². The second-order valence-corrected chi connectivity index (χ2v) is 16.3. The molecule has 0 radical (unpaired) electrons. The average molecular weight is 783 g/mol. The number of hydrogen-bond donors (Lipinski definition) is 0. The van der Waals surface area contributed by atoms with Crippen molar-refractivity contribution in [2.75, 3.05) is 0 Å². The fourth-order valence-electron chi connectivity index (χ4n) is 8.90. The lowest BCUT2D eigenvalue weighted by molar-refractivity contribution is 0.489. The molecule has 0 aliphatic carbocycles. The Labute approximate surface area is 351 Å². The maximum atomic E-state index is 6.96. The summed E-state index contributed by atoms with van der Waals surface area (Å²) in [6.45, 7) is 0. The number of benzene rings is 9. The lowest BCUT2D eigenvalue weighted by Crippen LogP contribution is -2.00. The van der Waals surface area contributed by atoms with Gasteiger partial charge in [-0.05, 0) is 74.2 Å². The van der Waals surface area contributed by atoms with Gasteiger partial charge in [0, 0.05) is 37.7 Å². The molecule has 0 N–H and O–H groups in total. The Morgan fingerprint density at radius 3 is 1.77 bits per heavy atom. The van der Waals surface area contributed by atoms with E-state index >= 15 is 0 Å². The molecule has 9 aromatic carbocycles. The van der Waals surface area contributed by atoms with Gasteiger partial charge in [0.15, 0.2) is 5.82 Å². The molecule has 3 heterocycles. The lowest BCUT2D eigenvalue weighted by atomic mass is 9.83. The van der Waals surface area contributed by atoms with Crippen LogP contribution in [0.1, 0.15) is 0 Å². The van der Waals surface area contributed by atoms with Gasteiger partial charge in [0.2, 0.25) is 0 Å². The van der Waals surface area contributed by atoms with Crippen LogP contribution in [-0.4, -0.2) is 9.97 Å². The first-order chi connectivity index (χ1) is 29.7. The minimum atomic E-state index is 0.710. The van der Waals surface area contributed by atoms with E-state index in [4.69, 9.17) is 14.7 Å². The minimum Gasteiger partial charge on any atom is -0.455 e. The maximum Gasteiger partial charge on any atom is 0.160 e. The molecule has 12 rings (SSSR count). The van der Waals surface area contributed by atoms with Gasteiger partial charge in [-0.3, -0.25) is 0 Å². The zero-order valence-electron chi connectivity index (χ0n) is 32.3. The van der Waals surface area contributed by atoms with Gasteiger partial charge < -0.3 is 4.74 Å². The van der Waals surface area contributed by atoms with E-state index in [0.717, 1.165) is 99.4 Å². The molecule has 0 saturated heterocycles. The van der Waals surface area contributed by atoms with Crippen LogP contribution in [0, 0.1) is 0 Å². The van der Waals surface area contributed by atoms with Gasteiger partial charge in [-0.1, -0.05) is 182 Å². The predicted molar refractivity (Wildman–Crippen MR) is 251 cm³/mol. The maximum absolute atomic E-state index is 6.96. The van der Waals surface area contributed by atoms with Gasteiger partial charge in [0.25, 0.3) is 0 Å². The van der Waals surface area contributed by atoms with Gasteiger partial charge in [0.1, 0.15) is 11.5 Å². The molecular formula is C56H34N2OS. The molecular weight excluding hydrogens is 749 g/mol. The summed E-state index contributed by atoms with van der Waals surface area (Å²) in [6, 6.07) is 73.3. The number of hydrogen-bond acceptors (Lipinski definition) is 4. The highest BCUT2D eigenvalue weighted by atomic mass is 32.1. The van der Waals surface area contributed by atoms with Crippen molar-refractivity contribution in [1.29, 1.82) is 0 Å². The first kappa shape index (κ1) is 34.4. The van der Waals surface area contributed by atoms with E-state index in [0.29, 0.717) is 5.82 Å². The molecule has 280 valence electrons. The highest BCUT2D eigenvalue weighted by Gasteiger charge is 2.26. The molecule has 60 heavy (non-hydrogen) atoms. The van der Waals surface area contributed by atoms with Crippen molar-refractivity contribution in [1.82, 2.24) is 9.97 Å². The predicted octanol–water partition coefficient (Wildman–Crippen LogP) is 15.8. The Kier molecular flexibility index (Phi) is 8.03. The Hall–Kier alpha value is -7.66. The van der Waals surface area contributed by atoms with Crippen LogP contribution in [0.25, 0.3) is 109 Å². The fraction of sp³-hybridized carbons (Fsp3) is 0. The molecule has 1 aliphatic heterocycles. The van der Waals surface area contributed by atoms with Crippen LogP contribution in [0.5, 0.6) is 11.5 Å². The number of para-hydroxylation sites is 1. The third kappa shape index (κ3) is 5.65. The van der Waals surface area contributed by atoms with Gasteiger partial charge in [-0.15, -0.1) is 11.3 Å². The van der Waals surface area contributed by atoms with Crippen LogP contribution in [0.2, 0.25) is 0 Å². The highest BCUT2D eigenvalue weighted by molar-refractivity contribution is 7.26. The standard InChI is InChI=1S/C56H34N2OS/c1-4-15-35(16-5-1)41-33-46(36-29-31-40(32-30-36)56-57-52(39-19-8-3-9-20-39)55-53(58-56)45-23-10-11-28-49(45)60-55)50(37-17-6-2-7-18-37)47(34-41)44-26-14-25-43-42-24-12-21-38-22-13-27-48(51(38)42)59-54(43)44/h1-34H. The van der Waals surface area contributed by atoms with Gasteiger partial charge in [-0.2, -0.15) is 0 Å². The number of aromatic nitrogens is 2. The number of fused-ring (bicyclic) bond motifs is 5. The van der Waals surface area contributed by atoms with E-state index in [1.54, 1.807) is 11.3 Å². The van der Waals surface area contributed by atoms with Gasteiger partial charge in [-0.25, -0.2) is 9.97 Å². The summed E-state index contributed by atoms with van der Waals surface area (Å²) < 4.78 is 9.27. The van der Waals surface area contributed by atoms with E-state index in [2.05, 4.69) is 200 Å². The summed E-state index contributed by atoms with van der Waals surface area (Å²) in [7, 11) is 0. The molecule has 0 bridgehead atoms. The summed E-state index contributed by atoms with van der Waals surface area (Å²) in [6.07, 6.45) is 0. The van der Waals surface area contributed by atoms with Crippen molar-refractivity contribution in [2.24, 2.45) is 0 Å². The molecule has 0 fully saturated rings. The van der Waals surface area contributed by atoms with Crippen molar-refractivity contribution >= 4 is 42.4 Å². The van der Waals surface area contributed by atoms with Crippen LogP contribution >= 0.6 is 11.3 Å².